The fourth-order valence-electron chi connectivity index (χ4n) is 0.983. The molecule has 0 saturated carbocycles. The molecule has 0 bridgehead atoms. The van der Waals surface area contributed by atoms with Crippen molar-refractivity contribution in [3.05, 3.63) is 0 Å². The van der Waals surface area contributed by atoms with E-state index >= 15 is 0 Å². The summed E-state index contributed by atoms with van der Waals surface area (Å²) >= 11 is 0. The zero-order valence-corrected chi connectivity index (χ0v) is 9.14. The van der Waals surface area contributed by atoms with E-state index in [9.17, 15) is 31.5 Å². The van der Waals surface area contributed by atoms with Gasteiger partial charge in [0.25, 0.3) is 0 Å². The first-order chi connectivity index (χ1) is 7.39. The first-order valence-corrected chi connectivity index (χ1v) is 4.25. The molecule has 0 aliphatic rings. The number of esters is 1. The van der Waals surface area contributed by atoms with Gasteiger partial charge in [0.05, 0.1) is 0 Å². The van der Waals surface area contributed by atoms with E-state index in [2.05, 4.69) is 4.74 Å². The lowest BCUT2D eigenvalue weighted by Crippen LogP contribution is -2.51. The van der Waals surface area contributed by atoms with E-state index in [4.69, 9.17) is 0 Å². The van der Waals surface area contributed by atoms with Gasteiger partial charge in [-0.15, -0.1) is 0 Å². The smallest absolute Gasteiger partial charge is 0.400 e. The van der Waals surface area contributed by atoms with Crippen LogP contribution in [0.3, 0.4) is 0 Å². The minimum absolute atomic E-state index is 0.343. The second kappa shape index (κ2) is 4.84. The second-order valence-corrected chi connectivity index (χ2v) is 3.36. The van der Waals surface area contributed by atoms with E-state index < -0.39 is 30.1 Å². The molecule has 0 spiro atoms. The maximum atomic E-state index is 13.0. The molecule has 0 fully saturated rings. The fourth-order valence-corrected chi connectivity index (χ4v) is 0.983. The Hall–Kier alpha value is -1.41. The van der Waals surface area contributed by atoms with Crippen molar-refractivity contribution in [2.75, 3.05) is 14.1 Å². The van der Waals surface area contributed by atoms with Gasteiger partial charge in [0.15, 0.2) is 0 Å². The predicted molar refractivity (Wildman–Crippen MR) is 45.0 cm³/mol. The Morgan fingerprint density at radius 3 is 1.76 bits per heavy atom. The van der Waals surface area contributed by atoms with E-state index in [0.717, 1.165) is 14.1 Å². The van der Waals surface area contributed by atoms with Gasteiger partial charge in [-0.1, -0.05) is 0 Å². The molecule has 0 radical (unpaired) electrons. The highest BCUT2D eigenvalue weighted by molar-refractivity contribution is 5.80. The van der Waals surface area contributed by atoms with Crippen molar-refractivity contribution in [1.82, 2.24) is 4.90 Å². The topological polar surface area (TPSA) is 46.6 Å². The number of ether oxygens (including phenoxy) is 1. The van der Waals surface area contributed by atoms with Gasteiger partial charge in [-0.3, -0.25) is 9.59 Å². The largest absolute Gasteiger partial charge is 0.420 e. The molecule has 0 aliphatic heterocycles. The highest BCUT2D eigenvalue weighted by Gasteiger charge is 2.63. The normalized spacial score (nSPS) is 14.1. The molecule has 4 nitrogen and oxygen atoms in total. The van der Waals surface area contributed by atoms with Gasteiger partial charge in [0.1, 0.15) is 0 Å². The number of amides is 1. The summed E-state index contributed by atoms with van der Waals surface area (Å²) in [6.07, 6.45) is -10.5. The molecule has 9 heteroatoms. The summed E-state index contributed by atoms with van der Waals surface area (Å²) in [7, 11) is 1.76. The molecule has 1 amide bonds. The molecule has 0 rings (SSSR count). The zero-order valence-electron chi connectivity index (χ0n) is 9.14. The molecule has 0 N–H and O–H groups in total. The van der Waals surface area contributed by atoms with Crippen LogP contribution in [0.15, 0.2) is 0 Å². The maximum absolute atomic E-state index is 13.0. The van der Waals surface area contributed by atoms with E-state index in [-0.39, 0.29) is 0 Å². The van der Waals surface area contributed by atoms with E-state index in [1.807, 2.05) is 0 Å². The fraction of sp³-hybridized carbons (Fsp3) is 0.750. The Bertz CT molecular complexity index is 313. The minimum Gasteiger partial charge on any atom is -0.400 e. The highest BCUT2D eigenvalue weighted by atomic mass is 19.4. The number of nitrogens with zero attached hydrogens (tertiary/aromatic N) is 1. The Labute approximate surface area is 93.3 Å². The lowest BCUT2D eigenvalue weighted by atomic mass is 10.1. The lowest BCUT2D eigenvalue weighted by molar-refractivity contribution is -0.312. The molecule has 0 aromatic rings. The van der Waals surface area contributed by atoms with Crippen molar-refractivity contribution in [3.8, 4) is 0 Å². The number of hydrogen-bond donors (Lipinski definition) is 0. The van der Waals surface area contributed by atoms with Crippen LogP contribution < -0.4 is 0 Å². The molecular weight excluding hydrogens is 253 g/mol. The minimum atomic E-state index is -5.53. The lowest BCUT2D eigenvalue weighted by Gasteiger charge is -2.28. The number of carbonyl (C=O) groups is 2. The van der Waals surface area contributed by atoms with Crippen LogP contribution in [0, 0.1) is 5.92 Å². The van der Waals surface area contributed by atoms with E-state index in [0.29, 0.717) is 11.8 Å². The monoisotopic (exact) mass is 263 g/mol. The van der Waals surface area contributed by atoms with Crippen molar-refractivity contribution < 1.29 is 36.3 Å². The van der Waals surface area contributed by atoms with Crippen LogP contribution in [0.25, 0.3) is 0 Å². The van der Waals surface area contributed by atoms with Crippen LogP contribution in [-0.4, -0.2) is 43.2 Å². The molecule has 17 heavy (non-hydrogen) atoms. The Morgan fingerprint density at radius 2 is 1.53 bits per heavy atom. The molecule has 0 aromatic heterocycles. The van der Waals surface area contributed by atoms with Crippen LogP contribution in [-0.2, 0) is 14.3 Å². The quantitative estimate of drug-likeness (QED) is 0.571. The second-order valence-electron chi connectivity index (χ2n) is 3.36. The van der Waals surface area contributed by atoms with Crippen molar-refractivity contribution in [1.29, 1.82) is 0 Å². The SMILES string of the molecule is CC(=O)OC(F)(F)C(C(=O)N(C)C)C(F)(F)F. The Balaban J connectivity index is 5.33. The Morgan fingerprint density at radius 1 is 1.12 bits per heavy atom. The van der Waals surface area contributed by atoms with Gasteiger partial charge in [0.2, 0.25) is 11.8 Å². The summed E-state index contributed by atoms with van der Waals surface area (Å²) < 4.78 is 66.4. The highest BCUT2D eigenvalue weighted by Crippen LogP contribution is 2.40. The summed E-state index contributed by atoms with van der Waals surface area (Å²) in [6.45, 7) is 0.515. The summed E-state index contributed by atoms with van der Waals surface area (Å²) in [5.41, 5.74) is 0. The van der Waals surface area contributed by atoms with Crippen LogP contribution >= 0.6 is 0 Å². The van der Waals surface area contributed by atoms with Crippen molar-refractivity contribution in [2.45, 2.75) is 19.2 Å². The molecule has 100 valence electrons. The molecule has 0 aliphatic carbocycles. The third-order valence-corrected chi connectivity index (χ3v) is 1.63. The van der Waals surface area contributed by atoms with Gasteiger partial charge in [-0.2, -0.15) is 22.0 Å². The van der Waals surface area contributed by atoms with Crippen LogP contribution in [0.5, 0.6) is 0 Å². The molecule has 0 heterocycles. The number of halogens is 5. The van der Waals surface area contributed by atoms with Gasteiger partial charge >= 0.3 is 18.3 Å². The van der Waals surface area contributed by atoms with E-state index in [1.165, 1.54) is 0 Å². The number of hydrogen-bond acceptors (Lipinski definition) is 3. The summed E-state index contributed by atoms with van der Waals surface area (Å²) in [5.74, 6) is -7.23. The van der Waals surface area contributed by atoms with Gasteiger partial charge in [-0.05, 0) is 0 Å². The van der Waals surface area contributed by atoms with Crippen LogP contribution in [0.4, 0.5) is 22.0 Å². The van der Waals surface area contributed by atoms with Gasteiger partial charge < -0.3 is 9.64 Å². The average molecular weight is 263 g/mol. The van der Waals surface area contributed by atoms with Gasteiger partial charge in [-0.25, -0.2) is 0 Å². The molecule has 1 atom stereocenters. The standard InChI is InChI=1S/C8H10F5NO3/c1-4(15)17-8(12,13)5(7(9,10)11)6(16)14(2)3/h5H,1-3H3. The summed E-state index contributed by atoms with van der Waals surface area (Å²) in [5, 5.41) is 0. The molecular formula is C8H10F5NO3. The molecule has 0 aromatic carbocycles. The predicted octanol–water partition coefficient (Wildman–Crippen LogP) is 1.41. The third-order valence-electron chi connectivity index (χ3n) is 1.63. The van der Waals surface area contributed by atoms with Crippen molar-refractivity contribution in [2.24, 2.45) is 5.92 Å². The summed E-state index contributed by atoms with van der Waals surface area (Å²) in [4.78, 5) is 21.7. The zero-order chi connectivity index (χ0) is 14.0. The van der Waals surface area contributed by atoms with Crippen LogP contribution in [0.2, 0.25) is 0 Å². The Kier molecular flexibility index (Phi) is 4.44. The maximum Gasteiger partial charge on any atom is 0.420 e. The van der Waals surface area contributed by atoms with Gasteiger partial charge in [0, 0.05) is 21.0 Å². The first kappa shape index (κ1) is 15.6. The first-order valence-electron chi connectivity index (χ1n) is 4.25. The average Bonchev–Trinajstić information content (AvgIpc) is 1.96. The molecule has 0 saturated heterocycles. The van der Waals surface area contributed by atoms with Crippen molar-refractivity contribution in [3.63, 3.8) is 0 Å². The van der Waals surface area contributed by atoms with Crippen molar-refractivity contribution >= 4 is 11.9 Å². The number of rotatable bonds is 3. The number of alkyl halides is 5. The van der Waals surface area contributed by atoms with Crippen LogP contribution in [0.1, 0.15) is 6.92 Å². The number of carbonyl (C=O) groups excluding carboxylic acids is 2. The molecule has 1 unspecified atom stereocenters. The third kappa shape index (κ3) is 4.16. The van der Waals surface area contributed by atoms with E-state index in [1.54, 1.807) is 0 Å². The summed E-state index contributed by atoms with van der Waals surface area (Å²) in [6, 6.07) is 0.